The highest BCUT2D eigenvalue weighted by Crippen LogP contribution is 2.29. The van der Waals surface area contributed by atoms with E-state index in [9.17, 15) is 0 Å². The second-order valence-electron chi connectivity index (χ2n) is 4.98. The van der Waals surface area contributed by atoms with Crippen LogP contribution in [-0.4, -0.2) is 21.9 Å². The first-order valence-electron chi connectivity index (χ1n) is 6.60. The molecule has 2 unspecified atom stereocenters. The molecule has 2 rings (SSSR count). The van der Waals surface area contributed by atoms with Gasteiger partial charge in [0.25, 0.3) is 0 Å². The molecular weight excluding hydrogens is 214 g/mol. The van der Waals surface area contributed by atoms with Crippen LogP contribution in [0.3, 0.4) is 0 Å². The second kappa shape index (κ2) is 5.65. The fourth-order valence-electron chi connectivity index (χ4n) is 2.46. The Bertz CT molecular complexity index is 344. The molecule has 0 spiro atoms. The molecule has 4 nitrogen and oxygen atoms in total. The molecule has 2 atom stereocenters. The van der Waals surface area contributed by atoms with Crippen molar-refractivity contribution in [2.75, 3.05) is 0 Å². The number of nitrogens with two attached hydrogens (primary N) is 1. The molecule has 1 aromatic heterocycles. The molecule has 17 heavy (non-hydrogen) atoms. The zero-order valence-electron chi connectivity index (χ0n) is 10.8. The Hall–Kier alpha value is -0.870. The molecule has 0 bridgehead atoms. The van der Waals surface area contributed by atoms with Crippen molar-refractivity contribution in [3.8, 4) is 0 Å². The fraction of sp³-hybridized carbons (Fsp3) is 0.769. The Morgan fingerprint density at radius 3 is 2.76 bits per heavy atom. The monoisotopic (exact) mass is 237 g/mol. The topological polar surface area (TPSA) is 53.1 Å². The molecule has 1 aromatic rings. The molecule has 1 saturated carbocycles. The first-order chi connectivity index (χ1) is 8.20. The van der Waals surface area contributed by atoms with Gasteiger partial charge in [0.15, 0.2) is 0 Å². The maximum absolute atomic E-state index is 6.19. The molecule has 1 aliphatic rings. The normalized spacial score (nSPS) is 20.6. The third kappa shape index (κ3) is 3.07. The van der Waals surface area contributed by atoms with Crippen molar-refractivity contribution in [2.45, 2.75) is 57.3 Å². The molecule has 96 valence electrons. The van der Waals surface area contributed by atoms with Gasteiger partial charge in [0, 0.05) is 24.8 Å². The van der Waals surface area contributed by atoms with Crippen LogP contribution >= 0.6 is 0 Å². The van der Waals surface area contributed by atoms with Gasteiger partial charge in [-0.15, -0.1) is 0 Å². The van der Waals surface area contributed by atoms with Gasteiger partial charge in [0.2, 0.25) is 0 Å². The molecule has 1 fully saturated rings. The van der Waals surface area contributed by atoms with E-state index in [0.717, 1.165) is 12.0 Å². The number of ether oxygens (including phenoxy) is 1. The lowest BCUT2D eigenvalue weighted by Gasteiger charge is -2.25. The van der Waals surface area contributed by atoms with E-state index in [-0.39, 0.29) is 12.1 Å². The first-order valence-corrected chi connectivity index (χ1v) is 6.60. The highest BCUT2D eigenvalue weighted by molar-refractivity contribution is 5.11. The summed E-state index contributed by atoms with van der Waals surface area (Å²) in [5.74, 6) is 0. The Kier molecular flexibility index (Phi) is 4.18. The van der Waals surface area contributed by atoms with Gasteiger partial charge in [0.1, 0.15) is 6.10 Å². The summed E-state index contributed by atoms with van der Waals surface area (Å²) in [4.78, 5) is 0. The van der Waals surface area contributed by atoms with E-state index in [1.807, 2.05) is 24.1 Å². The summed E-state index contributed by atoms with van der Waals surface area (Å²) < 4.78 is 7.99. The van der Waals surface area contributed by atoms with E-state index >= 15 is 0 Å². The molecule has 0 aliphatic heterocycles. The van der Waals surface area contributed by atoms with Crippen LogP contribution in [0.1, 0.15) is 50.7 Å². The van der Waals surface area contributed by atoms with Gasteiger partial charge in [-0.3, -0.25) is 4.68 Å². The highest BCUT2D eigenvalue weighted by Gasteiger charge is 2.26. The Morgan fingerprint density at radius 1 is 1.53 bits per heavy atom. The minimum absolute atomic E-state index is 0.00296. The van der Waals surface area contributed by atoms with Gasteiger partial charge in [-0.25, -0.2) is 0 Å². The number of hydrogen-bond donors (Lipinski definition) is 1. The smallest absolute Gasteiger partial charge is 0.101 e. The Balaban J connectivity index is 2.07. The van der Waals surface area contributed by atoms with E-state index in [1.165, 1.54) is 25.7 Å². The van der Waals surface area contributed by atoms with E-state index in [1.54, 1.807) is 0 Å². The first kappa shape index (κ1) is 12.6. The zero-order valence-corrected chi connectivity index (χ0v) is 10.8. The average molecular weight is 237 g/mol. The summed E-state index contributed by atoms with van der Waals surface area (Å²) in [5, 5.41) is 4.21. The maximum atomic E-state index is 6.19. The molecule has 0 aromatic carbocycles. The average Bonchev–Trinajstić information content (AvgIpc) is 2.96. The van der Waals surface area contributed by atoms with E-state index in [2.05, 4.69) is 12.0 Å². The minimum Gasteiger partial charge on any atom is -0.369 e. The van der Waals surface area contributed by atoms with Crippen molar-refractivity contribution < 1.29 is 4.74 Å². The van der Waals surface area contributed by atoms with Gasteiger partial charge in [0.05, 0.1) is 12.3 Å². The second-order valence-corrected chi connectivity index (χ2v) is 4.98. The lowest BCUT2D eigenvalue weighted by Crippen LogP contribution is -2.31. The Morgan fingerprint density at radius 2 is 2.24 bits per heavy atom. The third-order valence-corrected chi connectivity index (χ3v) is 3.55. The predicted octanol–water partition coefficient (Wildman–Crippen LogP) is 2.16. The lowest BCUT2D eigenvalue weighted by atomic mass is 10.0. The van der Waals surface area contributed by atoms with Crippen molar-refractivity contribution in [1.82, 2.24) is 9.78 Å². The number of hydrogen-bond acceptors (Lipinski definition) is 3. The van der Waals surface area contributed by atoms with Crippen LogP contribution in [-0.2, 0) is 11.8 Å². The molecule has 1 aliphatic carbocycles. The van der Waals surface area contributed by atoms with Crippen molar-refractivity contribution in [1.29, 1.82) is 0 Å². The molecule has 1 heterocycles. The van der Waals surface area contributed by atoms with E-state index < -0.39 is 0 Å². The molecule has 4 heteroatoms. The summed E-state index contributed by atoms with van der Waals surface area (Å²) in [5.41, 5.74) is 7.28. The predicted molar refractivity (Wildman–Crippen MR) is 67.6 cm³/mol. The van der Waals surface area contributed by atoms with Gasteiger partial charge in [-0.05, 0) is 19.3 Å². The van der Waals surface area contributed by atoms with Crippen molar-refractivity contribution in [3.63, 3.8) is 0 Å². The lowest BCUT2D eigenvalue weighted by molar-refractivity contribution is -0.0237. The molecule has 2 N–H and O–H groups in total. The number of aromatic nitrogens is 2. The van der Waals surface area contributed by atoms with E-state index in [0.29, 0.717) is 6.10 Å². The largest absolute Gasteiger partial charge is 0.369 e. The minimum atomic E-state index is -0.00296. The van der Waals surface area contributed by atoms with Gasteiger partial charge < -0.3 is 10.5 Å². The van der Waals surface area contributed by atoms with Crippen LogP contribution in [0.2, 0.25) is 0 Å². The highest BCUT2D eigenvalue weighted by atomic mass is 16.5. The number of aryl methyl sites for hydroxylation is 1. The van der Waals surface area contributed by atoms with Crippen LogP contribution in [0.4, 0.5) is 0 Å². The summed E-state index contributed by atoms with van der Waals surface area (Å²) >= 11 is 0. The number of nitrogens with zero attached hydrogens (tertiary/aromatic N) is 2. The van der Waals surface area contributed by atoms with Gasteiger partial charge in [-0.2, -0.15) is 5.10 Å². The van der Waals surface area contributed by atoms with Gasteiger partial charge in [-0.1, -0.05) is 19.8 Å². The number of rotatable bonds is 5. The fourth-order valence-corrected chi connectivity index (χ4v) is 2.46. The van der Waals surface area contributed by atoms with E-state index in [4.69, 9.17) is 10.5 Å². The van der Waals surface area contributed by atoms with Crippen LogP contribution in [0, 0.1) is 0 Å². The molecule has 0 radical (unpaired) electrons. The standard InChI is InChI=1S/C13H23N3O/c1-3-12(14)13(10-8-15-16(2)9-10)17-11-6-4-5-7-11/h8-9,11-13H,3-7,14H2,1-2H3. The van der Waals surface area contributed by atoms with Crippen LogP contribution in [0.15, 0.2) is 12.4 Å². The molecule has 0 amide bonds. The zero-order chi connectivity index (χ0) is 12.3. The van der Waals surface area contributed by atoms with Crippen LogP contribution in [0.25, 0.3) is 0 Å². The maximum Gasteiger partial charge on any atom is 0.101 e. The van der Waals surface area contributed by atoms with Crippen LogP contribution in [0.5, 0.6) is 0 Å². The summed E-state index contributed by atoms with van der Waals surface area (Å²) in [7, 11) is 1.92. The van der Waals surface area contributed by atoms with Crippen molar-refractivity contribution in [3.05, 3.63) is 18.0 Å². The SMILES string of the molecule is CCC(N)C(OC1CCCC1)c1cnn(C)c1. The Labute approximate surface area is 103 Å². The quantitative estimate of drug-likeness (QED) is 0.853. The van der Waals surface area contributed by atoms with Gasteiger partial charge >= 0.3 is 0 Å². The van der Waals surface area contributed by atoms with Crippen molar-refractivity contribution in [2.24, 2.45) is 12.8 Å². The van der Waals surface area contributed by atoms with Crippen LogP contribution < -0.4 is 5.73 Å². The van der Waals surface area contributed by atoms with Crippen molar-refractivity contribution >= 4 is 0 Å². The third-order valence-electron chi connectivity index (χ3n) is 3.55. The summed E-state index contributed by atoms with van der Waals surface area (Å²) in [6, 6.07) is 0.0554. The molecular formula is C13H23N3O. The molecule has 0 saturated heterocycles. The summed E-state index contributed by atoms with van der Waals surface area (Å²) in [6.45, 7) is 2.10. The summed E-state index contributed by atoms with van der Waals surface area (Å²) in [6.07, 6.45) is 10.1.